The van der Waals surface area contributed by atoms with Gasteiger partial charge in [-0.2, -0.15) is 0 Å². The highest BCUT2D eigenvalue weighted by Crippen LogP contribution is 2.25. The summed E-state index contributed by atoms with van der Waals surface area (Å²) in [5.74, 6) is 0.509. The average Bonchev–Trinajstić information content (AvgIpc) is 3.17. The van der Waals surface area contributed by atoms with Gasteiger partial charge in [-0.1, -0.05) is 0 Å². The van der Waals surface area contributed by atoms with E-state index in [9.17, 15) is 8.42 Å². The van der Waals surface area contributed by atoms with Crippen molar-refractivity contribution in [1.29, 1.82) is 0 Å². The minimum Gasteiger partial charge on any atom is -0.312 e. The van der Waals surface area contributed by atoms with Gasteiger partial charge in [-0.15, -0.1) is 0 Å². The first kappa shape index (κ1) is 15.7. The largest absolute Gasteiger partial charge is 0.312 e. The van der Waals surface area contributed by atoms with Crippen molar-refractivity contribution in [3.8, 4) is 0 Å². The second kappa shape index (κ2) is 6.52. The molecule has 6 heteroatoms. The monoisotopic (exact) mass is 315 g/mol. The first-order chi connectivity index (χ1) is 10.0. The van der Waals surface area contributed by atoms with Crippen molar-refractivity contribution < 1.29 is 8.42 Å². The van der Waals surface area contributed by atoms with Crippen molar-refractivity contribution in [2.75, 3.05) is 39.0 Å². The number of hydrogen-bond acceptors (Lipinski definition) is 4. The summed E-state index contributed by atoms with van der Waals surface area (Å²) in [4.78, 5) is 2.60. The van der Waals surface area contributed by atoms with Crippen LogP contribution in [0.2, 0.25) is 0 Å². The minimum absolute atomic E-state index is 0.509. The van der Waals surface area contributed by atoms with Gasteiger partial charge < -0.3 is 5.32 Å². The van der Waals surface area contributed by atoms with Crippen LogP contribution in [0, 0.1) is 5.92 Å². The molecule has 1 N–H and O–H groups in total. The van der Waals surface area contributed by atoms with Crippen LogP contribution in [0.1, 0.15) is 38.5 Å². The van der Waals surface area contributed by atoms with Gasteiger partial charge in [0.05, 0.1) is 6.26 Å². The summed E-state index contributed by atoms with van der Waals surface area (Å²) in [7, 11) is -3.02. The van der Waals surface area contributed by atoms with Gasteiger partial charge in [-0.05, 0) is 51.0 Å². The molecule has 0 aromatic carbocycles. The smallest absolute Gasteiger partial charge is 0.211 e. The summed E-state index contributed by atoms with van der Waals surface area (Å²) in [6, 6.07) is 1.45. The lowest BCUT2D eigenvalue weighted by Crippen LogP contribution is -2.46. The Morgan fingerprint density at radius 1 is 1.10 bits per heavy atom. The van der Waals surface area contributed by atoms with Gasteiger partial charge in [0.15, 0.2) is 0 Å². The van der Waals surface area contributed by atoms with Crippen molar-refractivity contribution in [1.82, 2.24) is 14.5 Å². The third-order valence-electron chi connectivity index (χ3n) is 5.16. The molecule has 1 saturated carbocycles. The summed E-state index contributed by atoms with van der Waals surface area (Å²) in [5.41, 5.74) is 0. The molecule has 0 aromatic heterocycles. The molecule has 0 aromatic rings. The SMILES string of the molecule is CS(=O)(=O)N1CCCC(CN2CCCC2CNC2CC2)C1. The van der Waals surface area contributed by atoms with Gasteiger partial charge in [-0.25, -0.2) is 12.7 Å². The molecule has 3 rings (SSSR count). The van der Waals surface area contributed by atoms with E-state index in [2.05, 4.69) is 10.2 Å². The van der Waals surface area contributed by atoms with Crippen LogP contribution in [0.15, 0.2) is 0 Å². The molecular formula is C15H29N3O2S. The van der Waals surface area contributed by atoms with Gasteiger partial charge >= 0.3 is 0 Å². The first-order valence-corrected chi connectivity index (χ1v) is 10.3. The molecule has 3 fully saturated rings. The van der Waals surface area contributed by atoms with Crippen LogP contribution < -0.4 is 5.32 Å². The third-order valence-corrected chi connectivity index (χ3v) is 6.43. The summed E-state index contributed by atoms with van der Waals surface area (Å²) < 4.78 is 25.1. The lowest BCUT2D eigenvalue weighted by atomic mass is 9.98. The summed E-state index contributed by atoms with van der Waals surface area (Å²) in [5, 5.41) is 3.65. The first-order valence-electron chi connectivity index (χ1n) is 8.45. The van der Waals surface area contributed by atoms with Crippen molar-refractivity contribution in [2.45, 2.75) is 50.6 Å². The van der Waals surface area contributed by atoms with Crippen LogP contribution in [0.4, 0.5) is 0 Å². The second-order valence-corrected chi connectivity index (χ2v) is 9.09. The van der Waals surface area contributed by atoms with Gasteiger partial charge in [0.1, 0.15) is 0 Å². The maximum absolute atomic E-state index is 11.7. The van der Waals surface area contributed by atoms with E-state index in [1.54, 1.807) is 4.31 Å². The Hall–Kier alpha value is -0.170. The molecule has 21 heavy (non-hydrogen) atoms. The molecule has 0 bridgehead atoms. The molecule has 2 aliphatic heterocycles. The third kappa shape index (κ3) is 4.41. The zero-order chi connectivity index (χ0) is 14.9. The number of sulfonamides is 1. The number of hydrogen-bond donors (Lipinski definition) is 1. The molecule has 0 amide bonds. The van der Waals surface area contributed by atoms with E-state index >= 15 is 0 Å². The summed E-state index contributed by atoms with van der Waals surface area (Å²) in [6.45, 7) is 4.81. The molecule has 2 unspecified atom stereocenters. The summed E-state index contributed by atoms with van der Waals surface area (Å²) in [6.07, 6.45) is 8.80. The molecule has 2 atom stereocenters. The maximum Gasteiger partial charge on any atom is 0.211 e. The van der Waals surface area contributed by atoms with E-state index < -0.39 is 10.0 Å². The Morgan fingerprint density at radius 3 is 2.57 bits per heavy atom. The van der Waals surface area contributed by atoms with E-state index in [0.29, 0.717) is 18.5 Å². The van der Waals surface area contributed by atoms with E-state index in [-0.39, 0.29) is 0 Å². The van der Waals surface area contributed by atoms with E-state index in [1.807, 2.05) is 0 Å². The Kier molecular flexibility index (Phi) is 4.88. The minimum atomic E-state index is -3.02. The standard InChI is InChI=1S/C15H29N3O2S/c1-21(19,20)18-9-2-4-13(12-18)11-17-8-3-5-15(17)10-16-14-6-7-14/h13-16H,2-12H2,1H3. The number of nitrogens with zero attached hydrogens (tertiary/aromatic N) is 2. The number of likely N-dealkylation sites (tertiary alicyclic amines) is 1. The Morgan fingerprint density at radius 2 is 1.86 bits per heavy atom. The molecular weight excluding hydrogens is 286 g/mol. The van der Waals surface area contributed by atoms with Crippen LogP contribution in [0.5, 0.6) is 0 Å². The Labute approximate surface area is 129 Å². The molecule has 2 saturated heterocycles. The van der Waals surface area contributed by atoms with Crippen LogP contribution in [-0.2, 0) is 10.0 Å². The van der Waals surface area contributed by atoms with E-state index in [1.165, 1.54) is 44.9 Å². The van der Waals surface area contributed by atoms with Gasteiger partial charge in [0, 0.05) is 38.3 Å². The summed E-state index contributed by atoms with van der Waals surface area (Å²) >= 11 is 0. The topological polar surface area (TPSA) is 52.7 Å². The molecule has 1 aliphatic carbocycles. The van der Waals surface area contributed by atoms with Crippen molar-refractivity contribution in [3.63, 3.8) is 0 Å². The average molecular weight is 315 g/mol. The fourth-order valence-corrected chi connectivity index (χ4v) is 4.71. The lowest BCUT2D eigenvalue weighted by Gasteiger charge is -2.35. The van der Waals surface area contributed by atoms with Crippen LogP contribution in [-0.4, -0.2) is 68.7 Å². The molecule has 5 nitrogen and oxygen atoms in total. The van der Waals surface area contributed by atoms with Crippen LogP contribution in [0.25, 0.3) is 0 Å². The highest BCUT2D eigenvalue weighted by atomic mass is 32.2. The van der Waals surface area contributed by atoms with Crippen molar-refractivity contribution >= 4 is 10.0 Å². The Bertz CT molecular complexity index is 450. The highest BCUT2D eigenvalue weighted by Gasteiger charge is 2.32. The molecule has 3 aliphatic rings. The Balaban J connectivity index is 1.49. The number of nitrogens with one attached hydrogen (secondary N) is 1. The maximum atomic E-state index is 11.7. The lowest BCUT2D eigenvalue weighted by molar-refractivity contribution is 0.166. The van der Waals surface area contributed by atoms with Crippen molar-refractivity contribution in [2.24, 2.45) is 5.92 Å². The van der Waals surface area contributed by atoms with Gasteiger partial charge in [0.2, 0.25) is 10.0 Å². The molecule has 2 heterocycles. The zero-order valence-electron chi connectivity index (χ0n) is 13.1. The number of piperidine rings is 1. The zero-order valence-corrected chi connectivity index (χ0v) is 13.9. The van der Waals surface area contributed by atoms with Crippen LogP contribution in [0.3, 0.4) is 0 Å². The second-order valence-electron chi connectivity index (χ2n) is 7.10. The highest BCUT2D eigenvalue weighted by molar-refractivity contribution is 7.88. The van der Waals surface area contributed by atoms with Crippen molar-refractivity contribution in [3.05, 3.63) is 0 Å². The molecule has 0 spiro atoms. The van der Waals surface area contributed by atoms with E-state index in [4.69, 9.17) is 0 Å². The number of rotatable bonds is 6. The normalized spacial score (nSPS) is 32.6. The molecule has 0 radical (unpaired) electrons. The van der Waals surface area contributed by atoms with E-state index in [0.717, 1.165) is 32.1 Å². The fraction of sp³-hybridized carbons (Fsp3) is 1.00. The van der Waals surface area contributed by atoms with Gasteiger partial charge in [-0.3, -0.25) is 4.90 Å². The van der Waals surface area contributed by atoms with Gasteiger partial charge in [0.25, 0.3) is 0 Å². The predicted octanol–water partition coefficient (Wildman–Crippen LogP) is 0.874. The predicted molar refractivity (Wildman–Crippen MR) is 84.8 cm³/mol. The van der Waals surface area contributed by atoms with Crippen LogP contribution >= 0.6 is 0 Å². The quantitative estimate of drug-likeness (QED) is 0.790. The molecule has 122 valence electrons. The fourth-order valence-electron chi connectivity index (χ4n) is 3.77.